The molecule has 0 spiro atoms. The Bertz CT molecular complexity index is 329. The van der Waals surface area contributed by atoms with Crippen molar-refractivity contribution in [2.24, 2.45) is 0 Å². The quantitative estimate of drug-likeness (QED) is 0.527. The van der Waals surface area contributed by atoms with Crippen molar-refractivity contribution in [3.05, 3.63) is 23.8 Å². The van der Waals surface area contributed by atoms with E-state index in [0.29, 0.717) is 0 Å². The number of methoxy groups -OCH3 is 2. The van der Waals surface area contributed by atoms with Crippen LogP contribution in [-0.2, 0) is 9.47 Å². The van der Waals surface area contributed by atoms with Crippen LogP contribution in [0.1, 0.15) is 11.4 Å². The molecule has 74 valence electrons. The maximum Gasteiger partial charge on any atom is 0.234 e. The molecule has 0 bridgehead atoms. The molecule has 0 amide bonds. The highest BCUT2D eigenvalue weighted by Gasteiger charge is 2.15. The lowest BCUT2D eigenvalue weighted by molar-refractivity contribution is 0.392. The molecule has 0 aromatic carbocycles. The molecule has 0 fully saturated rings. The van der Waals surface area contributed by atoms with Crippen molar-refractivity contribution in [2.75, 3.05) is 14.2 Å². The lowest BCUT2D eigenvalue weighted by Crippen LogP contribution is -2.15. The second kappa shape index (κ2) is 4.31. The fraction of sp³-hybridized carbons (Fsp3) is 0.250. The molecule has 1 aromatic heterocycles. The zero-order valence-corrected chi connectivity index (χ0v) is 7.87. The van der Waals surface area contributed by atoms with Crippen LogP contribution >= 0.6 is 0 Å². The van der Waals surface area contributed by atoms with Gasteiger partial charge in [-0.05, 0) is 0 Å². The van der Waals surface area contributed by atoms with E-state index in [1.165, 1.54) is 26.6 Å². The summed E-state index contributed by atoms with van der Waals surface area (Å²) < 4.78 is 9.40. The number of aromatic nitrogens is 2. The lowest BCUT2D eigenvalue weighted by atomic mass is 10.3. The van der Waals surface area contributed by atoms with E-state index >= 15 is 0 Å². The normalized spacial score (nSPS) is 9.29. The number of rotatable bonds is 2. The Hall–Kier alpha value is -1.98. The molecular weight excluding hydrogens is 184 g/mol. The maximum absolute atomic E-state index is 7.41. The van der Waals surface area contributed by atoms with Crippen LogP contribution in [0.4, 0.5) is 0 Å². The summed E-state index contributed by atoms with van der Waals surface area (Å²) in [4.78, 5) is 7.77. The molecule has 0 aliphatic heterocycles. The molecule has 14 heavy (non-hydrogen) atoms. The molecule has 1 aromatic rings. The van der Waals surface area contributed by atoms with Crippen molar-refractivity contribution in [2.45, 2.75) is 0 Å². The molecule has 1 rings (SSSR count). The molecule has 0 unspecified atom stereocenters. The third-order valence-corrected chi connectivity index (χ3v) is 1.54. The van der Waals surface area contributed by atoms with E-state index in [9.17, 15) is 0 Å². The topological polar surface area (TPSA) is 91.9 Å². The Morgan fingerprint density at radius 2 is 1.36 bits per heavy atom. The Morgan fingerprint density at radius 3 is 1.64 bits per heavy atom. The highest BCUT2D eigenvalue weighted by atomic mass is 16.5. The summed E-state index contributed by atoms with van der Waals surface area (Å²) in [5, 5.41) is 14.8. The molecule has 0 saturated carbocycles. The summed E-state index contributed by atoms with van der Waals surface area (Å²) in [5.41, 5.74) is 0.392. The average Bonchev–Trinajstić information content (AvgIpc) is 2.27. The van der Waals surface area contributed by atoms with Gasteiger partial charge in [-0.3, -0.25) is 10.8 Å². The third kappa shape index (κ3) is 1.85. The standard InChI is InChI=1S/C8H10N4O2/c1-13-7(9)5-6(8(10)14-2)12-4-3-11-5/h3-4,9-10H,1-2H3. The molecule has 0 aliphatic rings. The first kappa shape index (κ1) is 10.1. The number of hydrogen-bond acceptors (Lipinski definition) is 6. The van der Waals surface area contributed by atoms with Crippen molar-refractivity contribution in [1.82, 2.24) is 9.97 Å². The summed E-state index contributed by atoms with van der Waals surface area (Å²) in [6.45, 7) is 0. The van der Waals surface area contributed by atoms with Crippen LogP contribution < -0.4 is 0 Å². The van der Waals surface area contributed by atoms with Crippen molar-refractivity contribution >= 4 is 11.8 Å². The van der Waals surface area contributed by atoms with Crippen LogP contribution in [0.5, 0.6) is 0 Å². The van der Waals surface area contributed by atoms with Gasteiger partial charge in [0.2, 0.25) is 11.8 Å². The van der Waals surface area contributed by atoms with E-state index in [1.54, 1.807) is 0 Å². The van der Waals surface area contributed by atoms with E-state index in [0.717, 1.165) is 0 Å². The minimum atomic E-state index is -0.144. The van der Waals surface area contributed by atoms with Gasteiger partial charge >= 0.3 is 0 Å². The van der Waals surface area contributed by atoms with Gasteiger partial charge in [-0.1, -0.05) is 0 Å². The zero-order valence-electron chi connectivity index (χ0n) is 7.87. The first-order valence-electron chi connectivity index (χ1n) is 3.77. The number of hydrogen-bond donors (Lipinski definition) is 2. The van der Waals surface area contributed by atoms with Gasteiger partial charge in [0, 0.05) is 12.4 Å². The van der Waals surface area contributed by atoms with E-state index < -0.39 is 0 Å². The second-order valence-corrected chi connectivity index (χ2v) is 2.32. The molecule has 6 nitrogen and oxygen atoms in total. The van der Waals surface area contributed by atoms with E-state index in [4.69, 9.17) is 20.3 Å². The highest BCUT2D eigenvalue weighted by molar-refractivity contribution is 6.02. The summed E-state index contributed by atoms with van der Waals surface area (Å²) in [7, 11) is 2.72. The van der Waals surface area contributed by atoms with E-state index in [-0.39, 0.29) is 23.2 Å². The van der Waals surface area contributed by atoms with Crippen LogP contribution in [0, 0.1) is 10.8 Å². The molecule has 0 aliphatic carbocycles. The van der Waals surface area contributed by atoms with Crippen LogP contribution in [0.25, 0.3) is 0 Å². The van der Waals surface area contributed by atoms with Crippen LogP contribution in [-0.4, -0.2) is 36.0 Å². The molecule has 1 heterocycles. The molecule has 6 heteroatoms. The Morgan fingerprint density at radius 1 is 1.00 bits per heavy atom. The fourth-order valence-corrected chi connectivity index (χ4v) is 0.864. The predicted octanol–water partition coefficient (Wildman–Crippen LogP) is 0.420. The minimum absolute atomic E-state index is 0.144. The van der Waals surface area contributed by atoms with E-state index in [1.807, 2.05) is 0 Å². The first-order chi connectivity index (χ1) is 6.70. The summed E-state index contributed by atoms with van der Waals surface area (Å²) in [5.74, 6) is -0.287. The van der Waals surface area contributed by atoms with Gasteiger partial charge in [-0.25, -0.2) is 9.97 Å². The van der Waals surface area contributed by atoms with Gasteiger partial charge in [-0.15, -0.1) is 0 Å². The minimum Gasteiger partial charge on any atom is -0.480 e. The predicted molar refractivity (Wildman–Crippen MR) is 49.7 cm³/mol. The molecule has 0 radical (unpaired) electrons. The number of nitrogens with one attached hydrogen (secondary N) is 2. The molecule has 0 atom stereocenters. The third-order valence-electron chi connectivity index (χ3n) is 1.54. The van der Waals surface area contributed by atoms with Gasteiger partial charge in [0.15, 0.2) is 11.4 Å². The van der Waals surface area contributed by atoms with Crippen molar-refractivity contribution in [3.63, 3.8) is 0 Å². The largest absolute Gasteiger partial charge is 0.480 e. The zero-order chi connectivity index (χ0) is 10.6. The molecule has 0 saturated heterocycles. The Kier molecular flexibility index (Phi) is 3.11. The van der Waals surface area contributed by atoms with Gasteiger partial charge in [0.25, 0.3) is 0 Å². The average molecular weight is 194 g/mol. The maximum atomic E-state index is 7.41. The van der Waals surface area contributed by atoms with Gasteiger partial charge in [-0.2, -0.15) is 0 Å². The van der Waals surface area contributed by atoms with Crippen molar-refractivity contribution < 1.29 is 9.47 Å². The van der Waals surface area contributed by atoms with Crippen molar-refractivity contribution in [1.29, 1.82) is 10.8 Å². The Labute approximate surface area is 80.9 Å². The van der Waals surface area contributed by atoms with Crippen LogP contribution in [0.2, 0.25) is 0 Å². The SMILES string of the molecule is COC(=N)c1nccnc1C(=N)OC. The second-order valence-electron chi connectivity index (χ2n) is 2.32. The van der Waals surface area contributed by atoms with Gasteiger partial charge in [0.05, 0.1) is 14.2 Å². The number of ether oxygens (including phenoxy) is 2. The molecular formula is C8H10N4O2. The van der Waals surface area contributed by atoms with E-state index in [2.05, 4.69) is 9.97 Å². The monoisotopic (exact) mass is 194 g/mol. The summed E-state index contributed by atoms with van der Waals surface area (Å²) in [6, 6.07) is 0. The molecule has 2 N–H and O–H groups in total. The van der Waals surface area contributed by atoms with Gasteiger partial charge in [0.1, 0.15) is 0 Å². The lowest BCUT2D eigenvalue weighted by Gasteiger charge is -2.06. The Balaban J connectivity index is 3.15. The summed E-state index contributed by atoms with van der Waals surface area (Å²) >= 11 is 0. The van der Waals surface area contributed by atoms with Crippen LogP contribution in [0.15, 0.2) is 12.4 Å². The fourth-order valence-electron chi connectivity index (χ4n) is 0.864. The number of nitrogens with zero attached hydrogens (tertiary/aromatic N) is 2. The van der Waals surface area contributed by atoms with Crippen LogP contribution in [0.3, 0.4) is 0 Å². The van der Waals surface area contributed by atoms with Gasteiger partial charge < -0.3 is 9.47 Å². The first-order valence-corrected chi connectivity index (χ1v) is 3.77. The highest BCUT2D eigenvalue weighted by Crippen LogP contribution is 2.04. The summed E-state index contributed by atoms with van der Waals surface area (Å²) in [6.07, 6.45) is 2.85. The van der Waals surface area contributed by atoms with Crippen molar-refractivity contribution in [3.8, 4) is 0 Å². The smallest absolute Gasteiger partial charge is 0.234 e.